The molecule has 0 amide bonds. The molecule has 2 fully saturated rings. The SMILES string of the molecule is O=S(=O)(CC1CCNCC1)N1CCCCCC1CO. The van der Waals surface area contributed by atoms with Crippen molar-refractivity contribution in [2.24, 2.45) is 5.92 Å². The number of hydrogen-bond donors (Lipinski definition) is 2. The Morgan fingerprint density at radius 1 is 1.11 bits per heavy atom. The van der Waals surface area contributed by atoms with Gasteiger partial charge in [0.05, 0.1) is 12.4 Å². The fourth-order valence-electron chi connectivity index (χ4n) is 3.14. The molecule has 0 aromatic rings. The highest BCUT2D eigenvalue weighted by atomic mass is 32.2. The van der Waals surface area contributed by atoms with E-state index in [4.69, 9.17) is 0 Å². The second kappa shape index (κ2) is 7.02. The summed E-state index contributed by atoms with van der Waals surface area (Å²) in [6, 6.07) is -0.200. The van der Waals surface area contributed by atoms with Crippen LogP contribution in [0.3, 0.4) is 0 Å². The first-order chi connectivity index (χ1) is 9.13. The first-order valence-corrected chi connectivity index (χ1v) is 9.05. The van der Waals surface area contributed by atoms with Crippen LogP contribution in [0.1, 0.15) is 38.5 Å². The largest absolute Gasteiger partial charge is 0.395 e. The van der Waals surface area contributed by atoms with Crippen molar-refractivity contribution in [2.45, 2.75) is 44.6 Å². The maximum absolute atomic E-state index is 12.6. The number of nitrogens with zero attached hydrogens (tertiary/aromatic N) is 1. The standard InChI is InChI=1S/C13H26N2O3S/c16-10-13-4-2-1-3-9-15(13)19(17,18)11-12-5-7-14-8-6-12/h12-14,16H,1-11H2. The molecule has 0 aromatic heterocycles. The van der Waals surface area contributed by atoms with Gasteiger partial charge in [0.2, 0.25) is 10.0 Å². The minimum absolute atomic E-state index is 0.0501. The zero-order valence-electron chi connectivity index (χ0n) is 11.6. The van der Waals surface area contributed by atoms with Gasteiger partial charge in [-0.15, -0.1) is 0 Å². The van der Waals surface area contributed by atoms with Gasteiger partial charge in [-0.25, -0.2) is 8.42 Å². The third-order valence-corrected chi connectivity index (χ3v) is 6.38. The lowest BCUT2D eigenvalue weighted by Gasteiger charge is -2.30. The zero-order valence-corrected chi connectivity index (χ0v) is 12.4. The highest BCUT2D eigenvalue weighted by Crippen LogP contribution is 2.23. The van der Waals surface area contributed by atoms with E-state index in [0.717, 1.165) is 51.6 Å². The van der Waals surface area contributed by atoms with Crippen molar-refractivity contribution in [3.63, 3.8) is 0 Å². The summed E-state index contributed by atoms with van der Waals surface area (Å²) < 4.78 is 26.7. The van der Waals surface area contributed by atoms with Crippen LogP contribution in [0.25, 0.3) is 0 Å². The first kappa shape index (κ1) is 15.2. The van der Waals surface area contributed by atoms with Crippen molar-refractivity contribution >= 4 is 10.0 Å². The summed E-state index contributed by atoms with van der Waals surface area (Å²) in [7, 11) is -3.22. The smallest absolute Gasteiger partial charge is 0.214 e. The molecule has 0 aromatic carbocycles. The molecule has 0 radical (unpaired) electrons. The highest BCUT2D eigenvalue weighted by Gasteiger charge is 2.32. The lowest BCUT2D eigenvalue weighted by atomic mass is 10.0. The van der Waals surface area contributed by atoms with Crippen LogP contribution in [0.2, 0.25) is 0 Å². The fourth-order valence-corrected chi connectivity index (χ4v) is 5.30. The Labute approximate surface area is 116 Å². The molecule has 2 heterocycles. The van der Waals surface area contributed by atoms with Gasteiger partial charge in [-0.2, -0.15) is 4.31 Å². The van der Waals surface area contributed by atoms with Gasteiger partial charge in [0, 0.05) is 12.6 Å². The second-order valence-electron chi connectivity index (χ2n) is 5.77. The van der Waals surface area contributed by atoms with E-state index >= 15 is 0 Å². The Kier molecular flexibility index (Phi) is 5.62. The third-order valence-electron chi connectivity index (χ3n) is 4.30. The predicted octanol–water partition coefficient (Wildman–Crippen LogP) is 0.553. The number of hydrogen-bond acceptors (Lipinski definition) is 4. The molecule has 0 aliphatic carbocycles. The van der Waals surface area contributed by atoms with Gasteiger partial charge in [-0.05, 0) is 44.7 Å². The van der Waals surface area contributed by atoms with Gasteiger partial charge in [-0.1, -0.05) is 12.8 Å². The molecule has 2 aliphatic heterocycles. The van der Waals surface area contributed by atoms with Crippen molar-refractivity contribution in [2.75, 3.05) is 32.0 Å². The van der Waals surface area contributed by atoms with E-state index in [2.05, 4.69) is 5.32 Å². The summed E-state index contributed by atoms with van der Waals surface area (Å²) in [5, 5.41) is 12.7. The average molecular weight is 290 g/mol. The summed E-state index contributed by atoms with van der Waals surface area (Å²) in [5.74, 6) is 0.527. The van der Waals surface area contributed by atoms with Gasteiger partial charge in [-0.3, -0.25) is 0 Å². The highest BCUT2D eigenvalue weighted by molar-refractivity contribution is 7.89. The van der Waals surface area contributed by atoms with Gasteiger partial charge < -0.3 is 10.4 Å². The van der Waals surface area contributed by atoms with Gasteiger partial charge in [0.1, 0.15) is 0 Å². The maximum Gasteiger partial charge on any atom is 0.214 e. The molecule has 2 rings (SSSR count). The van der Waals surface area contributed by atoms with Gasteiger partial charge >= 0.3 is 0 Å². The molecule has 19 heavy (non-hydrogen) atoms. The van der Waals surface area contributed by atoms with E-state index < -0.39 is 10.0 Å². The molecule has 5 nitrogen and oxygen atoms in total. The Morgan fingerprint density at radius 2 is 1.84 bits per heavy atom. The van der Waals surface area contributed by atoms with E-state index in [9.17, 15) is 13.5 Å². The molecule has 1 atom stereocenters. The van der Waals surface area contributed by atoms with E-state index in [-0.39, 0.29) is 24.3 Å². The molecule has 6 heteroatoms. The number of aliphatic hydroxyl groups excluding tert-OH is 1. The minimum Gasteiger partial charge on any atom is -0.395 e. The molecule has 0 bridgehead atoms. The van der Waals surface area contributed by atoms with E-state index in [0.29, 0.717) is 6.54 Å². The fraction of sp³-hybridized carbons (Fsp3) is 1.00. The molecule has 2 aliphatic rings. The molecule has 1 unspecified atom stereocenters. The van der Waals surface area contributed by atoms with Crippen molar-refractivity contribution in [1.29, 1.82) is 0 Å². The van der Waals surface area contributed by atoms with E-state index in [1.807, 2.05) is 0 Å². The molecule has 0 saturated carbocycles. The van der Waals surface area contributed by atoms with Crippen LogP contribution in [0.5, 0.6) is 0 Å². The Bertz CT molecular complexity index is 366. The van der Waals surface area contributed by atoms with Crippen LogP contribution >= 0.6 is 0 Å². The lowest BCUT2D eigenvalue weighted by Crippen LogP contribution is -2.45. The summed E-state index contributed by atoms with van der Waals surface area (Å²) in [6.07, 6.45) is 5.68. The number of aliphatic hydroxyl groups is 1. The van der Waals surface area contributed by atoms with E-state index in [1.54, 1.807) is 4.31 Å². The number of piperidine rings is 1. The normalized spacial score (nSPS) is 28.2. The van der Waals surface area contributed by atoms with Crippen LogP contribution in [-0.4, -0.2) is 55.9 Å². The van der Waals surface area contributed by atoms with Gasteiger partial charge in [0.25, 0.3) is 0 Å². The van der Waals surface area contributed by atoms with Crippen LogP contribution in [0.4, 0.5) is 0 Å². The molecular weight excluding hydrogens is 264 g/mol. The summed E-state index contributed by atoms with van der Waals surface area (Å²) in [4.78, 5) is 0. The Morgan fingerprint density at radius 3 is 2.53 bits per heavy atom. The van der Waals surface area contributed by atoms with Gasteiger partial charge in [0.15, 0.2) is 0 Å². The van der Waals surface area contributed by atoms with Crippen LogP contribution < -0.4 is 5.32 Å². The Balaban J connectivity index is 2.02. The molecule has 2 N–H and O–H groups in total. The summed E-state index contributed by atoms with van der Waals surface area (Å²) in [5.41, 5.74) is 0. The second-order valence-corrected chi connectivity index (χ2v) is 7.73. The lowest BCUT2D eigenvalue weighted by molar-refractivity contribution is 0.185. The quantitative estimate of drug-likeness (QED) is 0.793. The van der Waals surface area contributed by atoms with Crippen LogP contribution in [0, 0.1) is 5.92 Å². The van der Waals surface area contributed by atoms with Crippen molar-refractivity contribution in [3.05, 3.63) is 0 Å². The number of rotatable bonds is 4. The minimum atomic E-state index is -3.22. The zero-order chi connectivity index (χ0) is 13.7. The molecule has 112 valence electrons. The molecule has 0 spiro atoms. The van der Waals surface area contributed by atoms with E-state index in [1.165, 1.54) is 0 Å². The van der Waals surface area contributed by atoms with Crippen molar-refractivity contribution < 1.29 is 13.5 Å². The molecular formula is C13H26N2O3S. The van der Waals surface area contributed by atoms with Crippen molar-refractivity contribution in [1.82, 2.24) is 9.62 Å². The van der Waals surface area contributed by atoms with Crippen molar-refractivity contribution in [3.8, 4) is 0 Å². The van der Waals surface area contributed by atoms with Crippen LogP contribution in [0.15, 0.2) is 0 Å². The third kappa shape index (κ3) is 4.15. The Hall–Kier alpha value is -0.170. The number of sulfonamides is 1. The summed E-state index contributed by atoms with van der Waals surface area (Å²) in [6.45, 7) is 2.37. The maximum atomic E-state index is 12.6. The predicted molar refractivity (Wildman–Crippen MR) is 75.4 cm³/mol. The average Bonchev–Trinajstić information content (AvgIpc) is 2.64. The number of nitrogens with one attached hydrogen (secondary N) is 1. The molecule has 2 saturated heterocycles. The summed E-state index contributed by atoms with van der Waals surface area (Å²) >= 11 is 0. The first-order valence-electron chi connectivity index (χ1n) is 7.44. The van der Waals surface area contributed by atoms with Crippen LogP contribution in [-0.2, 0) is 10.0 Å². The topological polar surface area (TPSA) is 69.6 Å². The monoisotopic (exact) mass is 290 g/mol.